The first-order valence-electron chi connectivity index (χ1n) is 4.75. The number of amides is 2. The zero-order valence-electron chi connectivity index (χ0n) is 9.39. The molecule has 6 heteroatoms. The number of carbonyl (C=O) groups is 2. The van der Waals surface area contributed by atoms with Crippen molar-refractivity contribution in [1.82, 2.24) is 9.80 Å². The maximum atomic E-state index is 11.3. The van der Waals surface area contributed by atoms with E-state index in [4.69, 9.17) is 9.84 Å². The number of aliphatic hydroxyl groups excluding tert-OH is 1. The molecule has 0 spiro atoms. The third-order valence-corrected chi connectivity index (χ3v) is 1.78. The molecule has 15 heavy (non-hydrogen) atoms. The van der Waals surface area contributed by atoms with Gasteiger partial charge >= 0.3 is 6.09 Å². The summed E-state index contributed by atoms with van der Waals surface area (Å²) < 4.78 is 4.69. The van der Waals surface area contributed by atoms with Crippen molar-refractivity contribution in [2.45, 2.75) is 6.92 Å². The highest BCUT2D eigenvalue weighted by Crippen LogP contribution is 1.95. The highest BCUT2D eigenvalue weighted by atomic mass is 16.6. The maximum Gasteiger partial charge on any atom is 0.410 e. The van der Waals surface area contributed by atoms with Crippen molar-refractivity contribution < 1.29 is 19.4 Å². The Morgan fingerprint density at radius 3 is 2.33 bits per heavy atom. The van der Waals surface area contributed by atoms with E-state index in [1.54, 1.807) is 21.0 Å². The first-order chi connectivity index (χ1) is 7.02. The molecule has 2 amide bonds. The van der Waals surface area contributed by atoms with E-state index in [1.807, 2.05) is 0 Å². The van der Waals surface area contributed by atoms with Gasteiger partial charge in [-0.25, -0.2) is 4.79 Å². The minimum atomic E-state index is -0.582. The van der Waals surface area contributed by atoms with E-state index in [1.165, 1.54) is 9.80 Å². The summed E-state index contributed by atoms with van der Waals surface area (Å²) in [6.07, 6.45) is -0.582. The molecule has 0 aromatic carbocycles. The Balaban J connectivity index is 4.12. The molecular weight excluding hydrogens is 200 g/mol. The predicted molar refractivity (Wildman–Crippen MR) is 54.4 cm³/mol. The lowest BCUT2D eigenvalue weighted by atomic mass is 10.4. The van der Waals surface area contributed by atoms with Gasteiger partial charge in [0.25, 0.3) is 0 Å². The molecule has 0 aliphatic rings. The van der Waals surface area contributed by atoms with E-state index in [9.17, 15) is 9.59 Å². The van der Waals surface area contributed by atoms with Crippen molar-refractivity contribution in [3.63, 3.8) is 0 Å². The summed E-state index contributed by atoms with van der Waals surface area (Å²) in [5, 5.41) is 8.47. The molecule has 0 aliphatic carbocycles. The summed E-state index contributed by atoms with van der Waals surface area (Å²) in [6.45, 7) is 1.87. The van der Waals surface area contributed by atoms with Gasteiger partial charge in [-0.05, 0) is 6.92 Å². The topological polar surface area (TPSA) is 70.1 Å². The second-order valence-corrected chi connectivity index (χ2v) is 3.14. The van der Waals surface area contributed by atoms with Gasteiger partial charge in [0.15, 0.2) is 0 Å². The fourth-order valence-corrected chi connectivity index (χ4v) is 0.834. The molecular formula is C9H18N2O4. The van der Waals surface area contributed by atoms with Crippen molar-refractivity contribution in [2.24, 2.45) is 0 Å². The number of aliphatic hydroxyl groups is 1. The van der Waals surface area contributed by atoms with Gasteiger partial charge in [0.05, 0.1) is 6.61 Å². The molecule has 0 aliphatic heterocycles. The van der Waals surface area contributed by atoms with E-state index in [0.29, 0.717) is 6.54 Å². The van der Waals surface area contributed by atoms with Crippen LogP contribution in [0, 0.1) is 0 Å². The Morgan fingerprint density at radius 2 is 1.93 bits per heavy atom. The summed E-state index contributed by atoms with van der Waals surface area (Å²) in [5.41, 5.74) is 0. The third-order valence-electron chi connectivity index (χ3n) is 1.78. The molecule has 0 atom stereocenters. The Hall–Kier alpha value is -1.30. The van der Waals surface area contributed by atoms with Crippen LogP contribution in [0.25, 0.3) is 0 Å². The van der Waals surface area contributed by atoms with E-state index in [-0.39, 0.29) is 25.7 Å². The molecule has 0 fully saturated rings. The van der Waals surface area contributed by atoms with Gasteiger partial charge in [-0.3, -0.25) is 9.69 Å². The van der Waals surface area contributed by atoms with Crippen LogP contribution in [0.1, 0.15) is 6.92 Å². The number of nitrogens with zero attached hydrogens (tertiary/aromatic N) is 2. The number of likely N-dealkylation sites (N-methyl/N-ethyl adjacent to an activating group) is 2. The van der Waals surface area contributed by atoms with Gasteiger partial charge in [0.2, 0.25) is 5.91 Å². The lowest BCUT2D eigenvalue weighted by molar-refractivity contribution is -0.129. The molecule has 88 valence electrons. The van der Waals surface area contributed by atoms with Crippen molar-refractivity contribution in [2.75, 3.05) is 40.4 Å². The Bertz CT molecular complexity index is 218. The van der Waals surface area contributed by atoms with Crippen molar-refractivity contribution in [3.8, 4) is 0 Å². The lowest BCUT2D eigenvalue weighted by Crippen LogP contribution is -2.40. The second-order valence-electron chi connectivity index (χ2n) is 3.14. The van der Waals surface area contributed by atoms with Crippen LogP contribution in [-0.2, 0) is 9.53 Å². The first kappa shape index (κ1) is 13.7. The fraction of sp³-hybridized carbons (Fsp3) is 0.778. The Labute approximate surface area is 89.4 Å². The van der Waals surface area contributed by atoms with Gasteiger partial charge in [-0.2, -0.15) is 0 Å². The number of hydrogen-bond acceptors (Lipinski definition) is 4. The largest absolute Gasteiger partial charge is 0.447 e. The molecule has 0 aromatic rings. The number of ether oxygens (including phenoxy) is 1. The minimum Gasteiger partial charge on any atom is -0.447 e. The first-order valence-corrected chi connectivity index (χ1v) is 4.75. The van der Waals surface area contributed by atoms with Crippen molar-refractivity contribution in [3.05, 3.63) is 0 Å². The van der Waals surface area contributed by atoms with Crippen LogP contribution in [0.2, 0.25) is 0 Å². The normalized spacial score (nSPS) is 9.60. The zero-order valence-corrected chi connectivity index (χ0v) is 9.39. The predicted octanol–water partition coefficient (Wildman–Crippen LogP) is -0.475. The number of hydrogen-bond donors (Lipinski definition) is 1. The van der Waals surface area contributed by atoms with E-state index >= 15 is 0 Å². The molecule has 0 aromatic heterocycles. The highest BCUT2D eigenvalue weighted by Gasteiger charge is 2.17. The molecule has 0 saturated heterocycles. The molecule has 0 heterocycles. The van der Waals surface area contributed by atoms with Gasteiger partial charge in [0, 0.05) is 20.6 Å². The summed E-state index contributed by atoms with van der Waals surface area (Å²) in [7, 11) is 3.24. The summed E-state index contributed by atoms with van der Waals surface area (Å²) in [6, 6.07) is 0. The van der Waals surface area contributed by atoms with Crippen LogP contribution in [0.15, 0.2) is 0 Å². The Morgan fingerprint density at radius 1 is 1.33 bits per heavy atom. The second kappa shape index (κ2) is 7.05. The molecule has 0 saturated carbocycles. The van der Waals surface area contributed by atoms with E-state index in [2.05, 4.69) is 0 Å². The molecule has 6 nitrogen and oxygen atoms in total. The van der Waals surface area contributed by atoms with Gasteiger partial charge in [-0.15, -0.1) is 0 Å². The van der Waals surface area contributed by atoms with Crippen LogP contribution < -0.4 is 0 Å². The molecule has 1 N–H and O–H groups in total. The number of carbonyl (C=O) groups excluding carboxylic acids is 2. The minimum absolute atomic E-state index is 0.00619. The van der Waals surface area contributed by atoms with Crippen molar-refractivity contribution in [1.29, 1.82) is 0 Å². The van der Waals surface area contributed by atoms with Gasteiger partial charge in [0.1, 0.15) is 13.2 Å². The lowest BCUT2D eigenvalue weighted by Gasteiger charge is -2.21. The molecule has 0 radical (unpaired) electrons. The SMILES string of the molecule is CCN(CC(=O)N(C)C)C(=O)OCCO. The summed E-state index contributed by atoms with van der Waals surface area (Å²) >= 11 is 0. The number of rotatable bonds is 5. The van der Waals surface area contributed by atoms with E-state index < -0.39 is 6.09 Å². The van der Waals surface area contributed by atoms with Crippen LogP contribution >= 0.6 is 0 Å². The van der Waals surface area contributed by atoms with Crippen molar-refractivity contribution >= 4 is 12.0 Å². The zero-order chi connectivity index (χ0) is 11.8. The van der Waals surface area contributed by atoms with Crippen LogP contribution in [0.5, 0.6) is 0 Å². The maximum absolute atomic E-state index is 11.3. The molecule has 0 bridgehead atoms. The monoisotopic (exact) mass is 218 g/mol. The van der Waals surface area contributed by atoms with Crippen LogP contribution in [0.4, 0.5) is 4.79 Å². The highest BCUT2D eigenvalue weighted by molar-refractivity contribution is 5.81. The summed E-state index contributed by atoms with van der Waals surface area (Å²) in [4.78, 5) is 25.3. The summed E-state index contributed by atoms with van der Waals surface area (Å²) in [5.74, 6) is -0.169. The van der Waals surface area contributed by atoms with Gasteiger partial charge in [-0.1, -0.05) is 0 Å². The Kier molecular flexibility index (Phi) is 6.44. The fourth-order valence-electron chi connectivity index (χ4n) is 0.834. The quantitative estimate of drug-likeness (QED) is 0.677. The van der Waals surface area contributed by atoms with Crippen LogP contribution in [-0.4, -0.2) is 67.3 Å². The average molecular weight is 218 g/mol. The van der Waals surface area contributed by atoms with Crippen LogP contribution in [0.3, 0.4) is 0 Å². The smallest absolute Gasteiger partial charge is 0.410 e. The average Bonchev–Trinajstić information content (AvgIpc) is 2.21. The van der Waals surface area contributed by atoms with E-state index in [0.717, 1.165) is 0 Å². The van der Waals surface area contributed by atoms with Gasteiger partial charge < -0.3 is 14.7 Å². The molecule has 0 unspecified atom stereocenters. The standard InChI is InChI=1S/C9H18N2O4/c1-4-11(7-8(13)10(2)3)9(14)15-6-5-12/h12H,4-7H2,1-3H3. The molecule has 0 rings (SSSR count). The third kappa shape index (κ3) is 5.21.